The molecule has 3 nitrogen and oxygen atoms in total. The Bertz CT molecular complexity index is 445. The summed E-state index contributed by atoms with van der Waals surface area (Å²) in [5.41, 5.74) is 2.93. The Morgan fingerprint density at radius 1 is 1.46 bits per heavy atom. The fraction of sp³-hybridized carbons (Fsp3) is 0.300. The van der Waals surface area contributed by atoms with Gasteiger partial charge in [-0.3, -0.25) is 4.68 Å². The van der Waals surface area contributed by atoms with E-state index in [4.69, 9.17) is 5.11 Å². The lowest BCUT2D eigenvalue weighted by atomic mass is 10.1. The van der Waals surface area contributed by atoms with Gasteiger partial charge in [-0.15, -0.1) is 0 Å². The van der Waals surface area contributed by atoms with Gasteiger partial charge < -0.3 is 5.11 Å². The average Bonchev–Trinajstić information content (AvgIpc) is 2.43. The molecule has 0 bridgehead atoms. The second kappa shape index (κ2) is 2.85. The lowest BCUT2D eigenvalue weighted by Gasteiger charge is -1.95. The van der Waals surface area contributed by atoms with Crippen LogP contribution < -0.4 is 0 Å². The van der Waals surface area contributed by atoms with Gasteiger partial charge in [-0.25, -0.2) is 0 Å². The van der Waals surface area contributed by atoms with Crippen LogP contribution in [-0.2, 0) is 13.7 Å². The molecule has 0 fully saturated rings. The minimum Gasteiger partial charge on any atom is -0.392 e. The smallest absolute Gasteiger partial charge is 0.0981 e. The molecule has 2 rings (SSSR count). The van der Waals surface area contributed by atoms with E-state index >= 15 is 0 Å². The number of aryl methyl sites for hydroxylation is 2. The van der Waals surface area contributed by atoms with Crippen molar-refractivity contribution in [1.29, 1.82) is 0 Å². The lowest BCUT2D eigenvalue weighted by Crippen LogP contribution is -1.92. The molecule has 1 heterocycles. The molecule has 0 saturated carbocycles. The van der Waals surface area contributed by atoms with Gasteiger partial charge in [0.2, 0.25) is 0 Å². The second-order valence-corrected chi connectivity index (χ2v) is 3.18. The summed E-state index contributed by atoms with van der Waals surface area (Å²) >= 11 is 0. The molecule has 68 valence electrons. The van der Waals surface area contributed by atoms with E-state index in [2.05, 4.69) is 5.10 Å². The fourth-order valence-corrected chi connectivity index (χ4v) is 1.53. The quantitative estimate of drug-likeness (QED) is 0.712. The van der Waals surface area contributed by atoms with Crippen molar-refractivity contribution in [3.8, 4) is 0 Å². The molecule has 0 amide bonds. The van der Waals surface area contributed by atoms with Crippen molar-refractivity contribution < 1.29 is 5.11 Å². The van der Waals surface area contributed by atoms with Crippen LogP contribution in [0.1, 0.15) is 11.3 Å². The Morgan fingerprint density at radius 3 is 2.92 bits per heavy atom. The minimum absolute atomic E-state index is 0.0494. The number of nitrogens with zero attached hydrogens (tertiary/aromatic N) is 2. The third-order valence-electron chi connectivity index (χ3n) is 2.42. The van der Waals surface area contributed by atoms with Crippen molar-refractivity contribution in [2.45, 2.75) is 13.5 Å². The molecule has 13 heavy (non-hydrogen) atoms. The number of hydrogen-bond acceptors (Lipinski definition) is 2. The minimum atomic E-state index is 0.0494. The summed E-state index contributed by atoms with van der Waals surface area (Å²) in [7, 11) is 1.91. The van der Waals surface area contributed by atoms with Crippen LogP contribution in [0.5, 0.6) is 0 Å². The summed E-state index contributed by atoms with van der Waals surface area (Å²) < 4.78 is 1.84. The fourth-order valence-electron chi connectivity index (χ4n) is 1.53. The van der Waals surface area contributed by atoms with Gasteiger partial charge in [0.15, 0.2) is 0 Å². The monoisotopic (exact) mass is 176 g/mol. The molecule has 0 unspecified atom stereocenters. The van der Waals surface area contributed by atoms with Crippen LogP contribution in [0.3, 0.4) is 0 Å². The molecular formula is C10H12N2O. The summed E-state index contributed by atoms with van der Waals surface area (Å²) in [4.78, 5) is 0. The van der Waals surface area contributed by atoms with Crippen molar-refractivity contribution in [1.82, 2.24) is 9.78 Å². The highest BCUT2D eigenvalue weighted by Gasteiger charge is 2.07. The number of benzene rings is 1. The normalized spacial score (nSPS) is 11.0. The molecule has 1 aromatic heterocycles. The predicted octanol–water partition coefficient (Wildman–Crippen LogP) is 1.37. The summed E-state index contributed by atoms with van der Waals surface area (Å²) in [6.45, 7) is 2.07. The molecule has 0 saturated heterocycles. The molecular weight excluding hydrogens is 164 g/mol. The summed E-state index contributed by atoms with van der Waals surface area (Å²) in [5.74, 6) is 0. The van der Waals surface area contributed by atoms with Crippen molar-refractivity contribution in [3.05, 3.63) is 29.5 Å². The molecule has 2 aromatic rings. The molecule has 0 spiro atoms. The molecule has 0 aliphatic carbocycles. The molecule has 1 aromatic carbocycles. The van der Waals surface area contributed by atoms with Crippen molar-refractivity contribution in [2.75, 3.05) is 0 Å². The van der Waals surface area contributed by atoms with Crippen LogP contribution >= 0.6 is 0 Å². The Kier molecular flexibility index (Phi) is 1.81. The summed E-state index contributed by atoms with van der Waals surface area (Å²) in [6.07, 6.45) is 0. The number of aliphatic hydroxyl groups is 1. The van der Waals surface area contributed by atoms with E-state index in [1.54, 1.807) is 0 Å². The lowest BCUT2D eigenvalue weighted by molar-refractivity contribution is 0.283. The summed E-state index contributed by atoms with van der Waals surface area (Å²) in [5, 5.41) is 14.5. The zero-order chi connectivity index (χ0) is 9.42. The van der Waals surface area contributed by atoms with Gasteiger partial charge in [0.25, 0.3) is 0 Å². The van der Waals surface area contributed by atoms with Gasteiger partial charge in [-0.2, -0.15) is 5.10 Å². The van der Waals surface area contributed by atoms with Crippen LogP contribution in [-0.4, -0.2) is 14.9 Å². The first kappa shape index (κ1) is 8.26. The number of fused-ring (bicyclic) bond motifs is 1. The van der Waals surface area contributed by atoms with Crippen LogP contribution in [0.15, 0.2) is 18.2 Å². The van der Waals surface area contributed by atoms with Gasteiger partial charge in [0.05, 0.1) is 12.1 Å². The predicted molar refractivity (Wildman–Crippen MR) is 51.4 cm³/mol. The molecule has 0 radical (unpaired) electrons. The van der Waals surface area contributed by atoms with E-state index in [0.717, 1.165) is 22.2 Å². The molecule has 0 atom stereocenters. The van der Waals surface area contributed by atoms with Crippen LogP contribution in [0.4, 0.5) is 0 Å². The van der Waals surface area contributed by atoms with Crippen LogP contribution in [0.2, 0.25) is 0 Å². The second-order valence-electron chi connectivity index (χ2n) is 3.18. The topological polar surface area (TPSA) is 38.1 Å². The van der Waals surface area contributed by atoms with Crippen molar-refractivity contribution in [3.63, 3.8) is 0 Å². The Labute approximate surface area is 76.6 Å². The largest absolute Gasteiger partial charge is 0.392 e. The van der Waals surface area contributed by atoms with E-state index in [9.17, 15) is 0 Å². The highest BCUT2D eigenvalue weighted by atomic mass is 16.3. The maximum absolute atomic E-state index is 9.09. The van der Waals surface area contributed by atoms with E-state index in [1.165, 1.54) is 0 Å². The maximum atomic E-state index is 9.09. The average molecular weight is 176 g/mol. The summed E-state index contributed by atoms with van der Waals surface area (Å²) in [6, 6.07) is 5.87. The number of rotatable bonds is 1. The van der Waals surface area contributed by atoms with Gasteiger partial charge in [-0.1, -0.05) is 18.2 Å². The standard InChI is InChI=1S/C10H12N2O/c1-7-9-5-3-4-8(6-13)10(9)11-12(7)2/h3-5,13H,6H2,1-2H3. The van der Waals surface area contributed by atoms with Crippen LogP contribution in [0, 0.1) is 6.92 Å². The number of hydrogen-bond donors (Lipinski definition) is 1. The van der Waals surface area contributed by atoms with Gasteiger partial charge in [0, 0.05) is 23.7 Å². The Morgan fingerprint density at radius 2 is 2.23 bits per heavy atom. The Hall–Kier alpha value is -1.35. The SMILES string of the molecule is Cc1c2cccc(CO)c2nn1C. The molecule has 3 heteroatoms. The van der Waals surface area contributed by atoms with Gasteiger partial charge in [-0.05, 0) is 6.92 Å². The highest BCUT2D eigenvalue weighted by molar-refractivity contribution is 5.84. The van der Waals surface area contributed by atoms with Crippen molar-refractivity contribution in [2.24, 2.45) is 7.05 Å². The molecule has 0 aliphatic heterocycles. The van der Waals surface area contributed by atoms with Crippen LogP contribution in [0.25, 0.3) is 10.9 Å². The van der Waals surface area contributed by atoms with Gasteiger partial charge >= 0.3 is 0 Å². The number of aliphatic hydroxyl groups excluding tert-OH is 1. The van der Waals surface area contributed by atoms with E-state index in [0.29, 0.717) is 0 Å². The third kappa shape index (κ3) is 1.12. The molecule has 0 aliphatic rings. The first-order chi connectivity index (χ1) is 6.24. The third-order valence-corrected chi connectivity index (χ3v) is 2.42. The first-order valence-electron chi connectivity index (χ1n) is 4.26. The first-order valence-corrected chi connectivity index (χ1v) is 4.26. The highest BCUT2D eigenvalue weighted by Crippen LogP contribution is 2.20. The van der Waals surface area contributed by atoms with E-state index in [1.807, 2.05) is 36.9 Å². The van der Waals surface area contributed by atoms with E-state index < -0.39 is 0 Å². The zero-order valence-corrected chi connectivity index (χ0v) is 7.78. The van der Waals surface area contributed by atoms with Crippen molar-refractivity contribution >= 4 is 10.9 Å². The van der Waals surface area contributed by atoms with E-state index in [-0.39, 0.29) is 6.61 Å². The van der Waals surface area contributed by atoms with Gasteiger partial charge in [0.1, 0.15) is 0 Å². The zero-order valence-electron chi connectivity index (χ0n) is 7.78. The number of aromatic nitrogens is 2. The Balaban J connectivity index is 2.84. The molecule has 1 N–H and O–H groups in total. The maximum Gasteiger partial charge on any atom is 0.0981 e.